The van der Waals surface area contributed by atoms with Crippen LogP contribution in [0.2, 0.25) is 0 Å². The van der Waals surface area contributed by atoms with E-state index in [0.717, 1.165) is 0 Å². The first-order valence-corrected chi connectivity index (χ1v) is 4.69. The summed E-state index contributed by atoms with van der Waals surface area (Å²) in [5.41, 5.74) is 0.933. The van der Waals surface area contributed by atoms with Gasteiger partial charge in [-0.15, -0.1) is 0 Å². The van der Waals surface area contributed by atoms with Crippen molar-refractivity contribution in [3.05, 3.63) is 26.6 Å². The van der Waals surface area contributed by atoms with Crippen molar-refractivity contribution < 1.29 is 13.9 Å². The van der Waals surface area contributed by atoms with Gasteiger partial charge in [-0.3, -0.25) is 0 Å². The molecule has 1 rings (SSSR count). The zero-order valence-corrected chi connectivity index (χ0v) is 9.05. The number of nitrogens with zero attached hydrogens (tertiary/aromatic N) is 1. The molecule has 0 aliphatic carbocycles. The molecule has 0 aliphatic rings. The Labute approximate surface area is 88.1 Å². The highest BCUT2D eigenvalue weighted by Crippen LogP contribution is 2.25. The Balaban J connectivity index is 3.22. The molecule has 2 nitrogen and oxygen atoms in total. The normalized spacial score (nSPS) is 10.9. The Hall–Kier alpha value is -0.300. The molecule has 5 heteroatoms. The molecule has 0 amide bonds. The number of alkyl halides is 2. The first kappa shape index (κ1) is 10.8. The summed E-state index contributed by atoms with van der Waals surface area (Å²) in [4.78, 5) is 3.91. The van der Waals surface area contributed by atoms with Crippen molar-refractivity contribution in [2.75, 3.05) is 0 Å². The lowest BCUT2D eigenvalue weighted by Crippen LogP contribution is -2.00. The average molecular weight is 299 g/mol. The molecule has 0 aromatic carbocycles. The summed E-state index contributed by atoms with van der Waals surface area (Å²) >= 11 is 1.76. The first-order chi connectivity index (χ1) is 6.06. The van der Waals surface area contributed by atoms with Gasteiger partial charge in [-0.05, 0) is 41.1 Å². The number of aliphatic hydroxyl groups is 1. The number of hydrogen-bond donors (Lipinski definition) is 1. The van der Waals surface area contributed by atoms with Crippen molar-refractivity contribution in [3.63, 3.8) is 0 Å². The van der Waals surface area contributed by atoms with Crippen LogP contribution in [0.15, 0.2) is 6.07 Å². The summed E-state index contributed by atoms with van der Waals surface area (Å²) in [6.07, 6.45) is -2.54. The van der Waals surface area contributed by atoms with Gasteiger partial charge in [0.15, 0.2) is 0 Å². The second-order valence-corrected chi connectivity index (χ2v) is 3.59. The van der Waals surface area contributed by atoms with E-state index in [4.69, 9.17) is 5.11 Å². The fourth-order valence-corrected chi connectivity index (χ4v) is 1.70. The van der Waals surface area contributed by atoms with Gasteiger partial charge >= 0.3 is 0 Å². The summed E-state index contributed by atoms with van der Waals surface area (Å²) in [6.45, 7) is 1.43. The van der Waals surface area contributed by atoms with E-state index < -0.39 is 6.43 Å². The van der Waals surface area contributed by atoms with Crippen LogP contribution in [-0.2, 0) is 6.61 Å². The van der Waals surface area contributed by atoms with Crippen molar-refractivity contribution in [2.24, 2.45) is 0 Å². The molecule has 1 N–H and O–H groups in total. The van der Waals surface area contributed by atoms with Crippen LogP contribution in [0.25, 0.3) is 0 Å². The van der Waals surface area contributed by atoms with Gasteiger partial charge in [-0.25, -0.2) is 13.8 Å². The summed E-state index contributed by atoms with van der Waals surface area (Å²) in [5, 5.41) is 8.83. The van der Waals surface area contributed by atoms with Crippen LogP contribution >= 0.6 is 22.6 Å². The van der Waals surface area contributed by atoms with E-state index in [-0.39, 0.29) is 12.2 Å². The van der Waals surface area contributed by atoms with Crippen molar-refractivity contribution >= 4 is 22.6 Å². The number of aryl methyl sites for hydroxylation is 1. The van der Waals surface area contributed by atoms with Crippen LogP contribution < -0.4 is 0 Å². The van der Waals surface area contributed by atoms with Crippen molar-refractivity contribution in [1.82, 2.24) is 4.98 Å². The van der Waals surface area contributed by atoms with E-state index in [9.17, 15) is 8.78 Å². The number of pyridine rings is 1. The van der Waals surface area contributed by atoms with Gasteiger partial charge in [-0.2, -0.15) is 0 Å². The first-order valence-electron chi connectivity index (χ1n) is 3.61. The van der Waals surface area contributed by atoms with Crippen LogP contribution in [0, 0.1) is 10.6 Å². The molecule has 1 heterocycles. The highest BCUT2D eigenvalue weighted by atomic mass is 127. The number of hydrogen-bond acceptors (Lipinski definition) is 2. The Bertz CT molecular complexity index is 317. The van der Waals surface area contributed by atoms with Crippen LogP contribution in [-0.4, -0.2) is 10.1 Å². The van der Waals surface area contributed by atoms with E-state index in [1.54, 1.807) is 29.5 Å². The zero-order valence-electron chi connectivity index (χ0n) is 6.89. The molecule has 1 aromatic heterocycles. The quantitative estimate of drug-likeness (QED) is 0.672. The molecule has 0 atom stereocenters. The van der Waals surface area contributed by atoms with Gasteiger partial charge in [0.2, 0.25) is 0 Å². The monoisotopic (exact) mass is 299 g/mol. The Morgan fingerprint density at radius 3 is 2.69 bits per heavy atom. The molecule has 0 saturated carbocycles. The average Bonchev–Trinajstić information content (AvgIpc) is 2.03. The Kier molecular flexibility index (Phi) is 3.55. The number of rotatable bonds is 2. The van der Waals surface area contributed by atoms with Crippen molar-refractivity contribution in [3.8, 4) is 0 Å². The highest BCUT2D eigenvalue weighted by molar-refractivity contribution is 14.1. The van der Waals surface area contributed by atoms with Gasteiger partial charge in [0.1, 0.15) is 3.70 Å². The molecule has 0 bridgehead atoms. The maximum atomic E-state index is 12.3. The van der Waals surface area contributed by atoms with E-state index in [0.29, 0.717) is 15.0 Å². The largest absolute Gasteiger partial charge is 0.392 e. The third-order valence-electron chi connectivity index (χ3n) is 1.70. The van der Waals surface area contributed by atoms with E-state index in [1.165, 1.54) is 6.07 Å². The topological polar surface area (TPSA) is 33.1 Å². The number of halogens is 3. The minimum absolute atomic E-state index is 0.116. The molecule has 0 saturated heterocycles. The van der Waals surface area contributed by atoms with Gasteiger partial charge in [-0.1, -0.05) is 0 Å². The lowest BCUT2D eigenvalue weighted by atomic mass is 10.1. The predicted octanol–water partition coefficient (Wildman–Crippen LogP) is 2.42. The summed E-state index contributed by atoms with van der Waals surface area (Å²) in [5.74, 6) is 0. The molecular weight excluding hydrogens is 291 g/mol. The van der Waals surface area contributed by atoms with E-state index >= 15 is 0 Å². The van der Waals surface area contributed by atoms with E-state index in [1.807, 2.05) is 0 Å². The third kappa shape index (κ3) is 2.34. The zero-order chi connectivity index (χ0) is 10.0. The van der Waals surface area contributed by atoms with E-state index in [2.05, 4.69) is 4.98 Å². The Morgan fingerprint density at radius 1 is 1.62 bits per heavy atom. The Morgan fingerprint density at radius 2 is 2.23 bits per heavy atom. The second-order valence-electron chi connectivity index (χ2n) is 2.57. The molecule has 0 spiro atoms. The molecule has 1 aromatic rings. The molecule has 13 heavy (non-hydrogen) atoms. The van der Waals surface area contributed by atoms with Crippen LogP contribution in [0.3, 0.4) is 0 Å². The molecule has 0 radical (unpaired) electrons. The molecule has 0 fully saturated rings. The van der Waals surface area contributed by atoms with Gasteiger partial charge < -0.3 is 5.11 Å². The molecular formula is C8H8F2INO. The van der Waals surface area contributed by atoms with Gasteiger partial charge in [0.25, 0.3) is 6.43 Å². The van der Waals surface area contributed by atoms with Crippen LogP contribution in [0.5, 0.6) is 0 Å². The number of aliphatic hydroxyl groups excluding tert-OH is 1. The maximum absolute atomic E-state index is 12.3. The standard InChI is InChI=1S/C8H8F2INO/c1-4-5(3-13)2-6(7(9)10)8(11)12-4/h2,7,13H,3H2,1H3. The fourth-order valence-electron chi connectivity index (χ4n) is 0.948. The van der Waals surface area contributed by atoms with Gasteiger partial charge in [0.05, 0.1) is 12.2 Å². The number of aromatic nitrogens is 1. The third-order valence-corrected chi connectivity index (χ3v) is 2.57. The molecule has 72 valence electrons. The minimum Gasteiger partial charge on any atom is -0.392 e. The lowest BCUT2D eigenvalue weighted by Gasteiger charge is -2.07. The smallest absolute Gasteiger partial charge is 0.266 e. The summed E-state index contributed by atoms with van der Waals surface area (Å²) < 4.78 is 25.0. The molecule has 0 unspecified atom stereocenters. The minimum atomic E-state index is -2.54. The van der Waals surface area contributed by atoms with Gasteiger partial charge in [0, 0.05) is 5.69 Å². The fraction of sp³-hybridized carbons (Fsp3) is 0.375. The summed E-state index contributed by atoms with van der Waals surface area (Å²) in [7, 11) is 0. The highest BCUT2D eigenvalue weighted by Gasteiger charge is 2.14. The molecule has 0 aliphatic heterocycles. The van der Waals surface area contributed by atoms with Crippen molar-refractivity contribution in [1.29, 1.82) is 0 Å². The van der Waals surface area contributed by atoms with Crippen LogP contribution in [0.4, 0.5) is 8.78 Å². The lowest BCUT2D eigenvalue weighted by molar-refractivity contribution is 0.149. The second kappa shape index (κ2) is 4.28. The SMILES string of the molecule is Cc1nc(I)c(C(F)F)cc1CO. The summed E-state index contributed by atoms with van der Waals surface area (Å²) in [6, 6.07) is 1.30. The van der Waals surface area contributed by atoms with Crippen molar-refractivity contribution in [2.45, 2.75) is 20.0 Å². The predicted molar refractivity (Wildman–Crippen MR) is 52.6 cm³/mol. The van der Waals surface area contributed by atoms with Crippen LogP contribution in [0.1, 0.15) is 23.2 Å². The maximum Gasteiger partial charge on any atom is 0.266 e.